The molecule has 0 aliphatic carbocycles. The molecule has 0 aromatic carbocycles. The molecule has 0 spiro atoms. The lowest BCUT2D eigenvalue weighted by atomic mass is 10.0. The van der Waals surface area contributed by atoms with Crippen LogP contribution in [0.15, 0.2) is 11.4 Å². The molecule has 1 unspecified atom stereocenters. The summed E-state index contributed by atoms with van der Waals surface area (Å²) in [6.07, 6.45) is 1.76. The molecule has 0 fully saturated rings. The fourth-order valence-electron chi connectivity index (χ4n) is 1.75. The molecule has 0 aliphatic heterocycles. The van der Waals surface area contributed by atoms with Crippen molar-refractivity contribution in [1.82, 2.24) is 4.90 Å². The second-order valence-electron chi connectivity index (χ2n) is 5.05. The predicted octanol–water partition coefficient (Wildman–Crippen LogP) is 2.76. The van der Waals surface area contributed by atoms with Crippen LogP contribution in [0.1, 0.15) is 42.4 Å². The molecule has 0 saturated heterocycles. The SMILES string of the molecule is CCc1ccsc1C(=O)N(C)CCC(N)C(C)C. The van der Waals surface area contributed by atoms with E-state index in [-0.39, 0.29) is 11.9 Å². The first kappa shape index (κ1) is 15.2. The van der Waals surface area contributed by atoms with Gasteiger partial charge in [0.2, 0.25) is 0 Å². The summed E-state index contributed by atoms with van der Waals surface area (Å²) in [5, 5.41) is 1.99. The Hall–Kier alpha value is -0.870. The van der Waals surface area contributed by atoms with Gasteiger partial charge in [0.15, 0.2) is 0 Å². The van der Waals surface area contributed by atoms with Crippen molar-refractivity contribution >= 4 is 17.2 Å². The molecule has 0 saturated carbocycles. The minimum atomic E-state index is 0.123. The molecule has 1 atom stereocenters. The predicted molar refractivity (Wildman–Crippen MR) is 78.1 cm³/mol. The van der Waals surface area contributed by atoms with Gasteiger partial charge in [0.05, 0.1) is 4.88 Å². The third kappa shape index (κ3) is 3.82. The number of thiophene rings is 1. The molecular weight excluding hydrogens is 244 g/mol. The Balaban J connectivity index is 2.57. The summed E-state index contributed by atoms with van der Waals surface area (Å²) in [7, 11) is 1.86. The van der Waals surface area contributed by atoms with Crippen molar-refractivity contribution in [3.63, 3.8) is 0 Å². The van der Waals surface area contributed by atoms with Gasteiger partial charge in [-0.25, -0.2) is 0 Å². The number of carbonyl (C=O) groups is 1. The highest BCUT2D eigenvalue weighted by atomic mass is 32.1. The molecule has 1 heterocycles. The Kier molecular flexibility index (Phi) is 5.82. The third-order valence-corrected chi connectivity index (χ3v) is 4.27. The monoisotopic (exact) mass is 268 g/mol. The van der Waals surface area contributed by atoms with Gasteiger partial charge in [0, 0.05) is 19.6 Å². The van der Waals surface area contributed by atoms with Gasteiger partial charge >= 0.3 is 0 Å². The van der Waals surface area contributed by atoms with Crippen molar-refractivity contribution in [1.29, 1.82) is 0 Å². The molecule has 1 rings (SSSR count). The lowest BCUT2D eigenvalue weighted by Crippen LogP contribution is -2.34. The van der Waals surface area contributed by atoms with E-state index < -0.39 is 0 Å². The van der Waals surface area contributed by atoms with Gasteiger partial charge in [-0.05, 0) is 35.8 Å². The van der Waals surface area contributed by atoms with Crippen molar-refractivity contribution in [3.05, 3.63) is 21.9 Å². The number of hydrogen-bond acceptors (Lipinski definition) is 3. The van der Waals surface area contributed by atoms with Crippen LogP contribution in [0.25, 0.3) is 0 Å². The molecule has 1 amide bonds. The lowest BCUT2D eigenvalue weighted by molar-refractivity contribution is 0.0793. The van der Waals surface area contributed by atoms with Gasteiger partial charge in [-0.3, -0.25) is 4.79 Å². The van der Waals surface area contributed by atoms with Crippen molar-refractivity contribution in [2.75, 3.05) is 13.6 Å². The van der Waals surface area contributed by atoms with E-state index in [0.29, 0.717) is 5.92 Å². The number of nitrogens with zero attached hydrogens (tertiary/aromatic N) is 1. The number of rotatable bonds is 6. The van der Waals surface area contributed by atoms with Crippen LogP contribution in [0.3, 0.4) is 0 Å². The van der Waals surface area contributed by atoms with E-state index >= 15 is 0 Å². The van der Waals surface area contributed by atoms with E-state index in [1.54, 1.807) is 4.90 Å². The fourth-order valence-corrected chi connectivity index (χ4v) is 2.74. The Morgan fingerprint density at radius 1 is 1.50 bits per heavy atom. The average Bonchev–Trinajstić information content (AvgIpc) is 2.82. The van der Waals surface area contributed by atoms with Gasteiger partial charge in [-0.1, -0.05) is 20.8 Å². The van der Waals surface area contributed by atoms with Crippen molar-refractivity contribution in [2.45, 2.75) is 39.7 Å². The minimum Gasteiger partial charge on any atom is -0.341 e. The molecule has 18 heavy (non-hydrogen) atoms. The summed E-state index contributed by atoms with van der Waals surface area (Å²) in [4.78, 5) is 14.9. The number of hydrogen-bond donors (Lipinski definition) is 1. The number of amides is 1. The quantitative estimate of drug-likeness (QED) is 0.862. The van der Waals surface area contributed by atoms with E-state index in [0.717, 1.165) is 29.8 Å². The van der Waals surface area contributed by atoms with Crippen LogP contribution in [0.2, 0.25) is 0 Å². The van der Waals surface area contributed by atoms with Crippen LogP contribution in [0, 0.1) is 5.92 Å². The maximum Gasteiger partial charge on any atom is 0.263 e. The van der Waals surface area contributed by atoms with Crippen LogP contribution in [0.5, 0.6) is 0 Å². The van der Waals surface area contributed by atoms with Gasteiger partial charge in [-0.15, -0.1) is 11.3 Å². The van der Waals surface area contributed by atoms with Gasteiger partial charge < -0.3 is 10.6 Å². The Labute approximate surface area is 114 Å². The van der Waals surface area contributed by atoms with E-state index in [4.69, 9.17) is 5.73 Å². The maximum atomic E-state index is 12.3. The summed E-state index contributed by atoms with van der Waals surface area (Å²) >= 11 is 1.53. The third-order valence-electron chi connectivity index (χ3n) is 3.32. The van der Waals surface area contributed by atoms with Crippen LogP contribution < -0.4 is 5.73 Å². The Morgan fingerprint density at radius 3 is 2.72 bits per heavy atom. The second kappa shape index (κ2) is 6.90. The van der Waals surface area contributed by atoms with Crippen LogP contribution >= 0.6 is 11.3 Å². The summed E-state index contributed by atoms with van der Waals surface area (Å²) < 4.78 is 0. The smallest absolute Gasteiger partial charge is 0.263 e. The zero-order valence-corrected chi connectivity index (χ0v) is 12.6. The summed E-state index contributed by atoms with van der Waals surface area (Å²) in [5.41, 5.74) is 7.15. The first-order valence-corrected chi connectivity index (χ1v) is 7.42. The van der Waals surface area contributed by atoms with Crippen LogP contribution in [-0.2, 0) is 6.42 Å². The summed E-state index contributed by atoms with van der Waals surface area (Å²) in [6, 6.07) is 2.19. The van der Waals surface area contributed by atoms with Crippen LogP contribution in [0.4, 0.5) is 0 Å². The van der Waals surface area contributed by atoms with Gasteiger partial charge in [0.1, 0.15) is 0 Å². The van der Waals surface area contributed by atoms with E-state index in [9.17, 15) is 4.79 Å². The topological polar surface area (TPSA) is 46.3 Å². The van der Waals surface area contributed by atoms with E-state index in [2.05, 4.69) is 20.8 Å². The molecule has 0 aliphatic rings. The standard InChI is InChI=1S/C14H24N2OS/c1-5-11-7-9-18-13(11)14(17)16(4)8-6-12(15)10(2)3/h7,9-10,12H,5-6,8,15H2,1-4H3. The zero-order chi connectivity index (χ0) is 13.7. The van der Waals surface area contributed by atoms with Gasteiger partial charge in [-0.2, -0.15) is 0 Å². The van der Waals surface area contributed by atoms with Crippen LogP contribution in [-0.4, -0.2) is 30.4 Å². The number of aryl methyl sites for hydroxylation is 1. The lowest BCUT2D eigenvalue weighted by Gasteiger charge is -2.21. The highest BCUT2D eigenvalue weighted by Crippen LogP contribution is 2.19. The largest absolute Gasteiger partial charge is 0.341 e. The number of nitrogens with two attached hydrogens (primary N) is 1. The maximum absolute atomic E-state index is 12.3. The van der Waals surface area contributed by atoms with Crippen molar-refractivity contribution in [3.8, 4) is 0 Å². The molecule has 1 aromatic heterocycles. The first-order valence-electron chi connectivity index (χ1n) is 6.54. The fraction of sp³-hybridized carbons (Fsp3) is 0.643. The Morgan fingerprint density at radius 2 is 2.17 bits per heavy atom. The molecule has 0 radical (unpaired) electrons. The molecule has 3 nitrogen and oxygen atoms in total. The molecular formula is C14H24N2OS. The zero-order valence-electron chi connectivity index (χ0n) is 11.8. The van der Waals surface area contributed by atoms with Gasteiger partial charge in [0.25, 0.3) is 5.91 Å². The molecule has 4 heteroatoms. The second-order valence-corrected chi connectivity index (χ2v) is 5.97. The normalized spacial score (nSPS) is 12.8. The van der Waals surface area contributed by atoms with E-state index in [1.807, 2.05) is 18.5 Å². The summed E-state index contributed by atoms with van der Waals surface area (Å²) in [6.45, 7) is 7.02. The minimum absolute atomic E-state index is 0.123. The first-order chi connectivity index (χ1) is 8.47. The van der Waals surface area contributed by atoms with Crippen molar-refractivity contribution < 1.29 is 4.79 Å². The highest BCUT2D eigenvalue weighted by Gasteiger charge is 2.17. The molecule has 2 N–H and O–H groups in total. The van der Waals surface area contributed by atoms with E-state index in [1.165, 1.54) is 11.3 Å². The molecule has 1 aromatic rings. The highest BCUT2D eigenvalue weighted by molar-refractivity contribution is 7.12. The average molecular weight is 268 g/mol. The Bertz CT molecular complexity index is 387. The molecule has 0 bridgehead atoms. The molecule has 102 valence electrons. The van der Waals surface area contributed by atoms with Crippen molar-refractivity contribution in [2.24, 2.45) is 11.7 Å². The summed E-state index contributed by atoms with van der Waals surface area (Å²) in [5.74, 6) is 0.583. The number of carbonyl (C=O) groups excluding carboxylic acids is 1.